The summed E-state index contributed by atoms with van der Waals surface area (Å²) in [5.74, 6) is -3.71. The molecule has 17 heavy (non-hydrogen) atoms. The predicted molar refractivity (Wildman–Crippen MR) is 55.0 cm³/mol. The molecule has 5 nitrogen and oxygen atoms in total. The minimum absolute atomic E-state index is 0.182. The van der Waals surface area contributed by atoms with Crippen molar-refractivity contribution in [3.05, 3.63) is 17.0 Å². The fourth-order valence-electron chi connectivity index (χ4n) is 1.30. The maximum absolute atomic E-state index is 12.7. The molecule has 0 aromatic carbocycles. The molecule has 0 radical (unpaired) electrons. The van der Waals surface area contributed by atoms with Gasteiger partial charge in [-0.25, -0.2) is 8.78 Å². The number of aromatic nitrogens is 1. The Bertz CT molecular complexity index is 404. The first-order chi connectivity index (χ1) is 7.91. The number of nitrogens with one attached hydrogen (secondary N) is 1. The molecule has 0 aliphatic rings. The number of aliphatic hydroxyl groups excluding tert-OH is 1. The minimum Gasteiger partial charge on any atom is -0.390 e. The van der Waals surface area contributed by atoms with Crippen LogP contribution >= 0.6 is 0 Å². The minimum atomic E-state index is -3.33. The molecule has 1 rings (SSSR count). The normalized spacial score (nSPS) is 11.6. The second-order valence-electron chi connectivity index (χ2n) is 3.61. The van der Waals surface area contributed by atoms with Gasteiger partial charge in [-0.3, -0.25) is 4.79 Å². The Kier molecular flexibility index (Phi) is 4.17. The molecule has 2 N–H and O–H groups in total. The third-order valence-corrected chi connectivity index (χ3v) is 2.23. The van der Waals surface area contributed by atoms with Gasteiger partial charge >= 0.3 is 0 Å². The number of hydrogen-bond donors (Lipinski definition) is 2. The van der Waals surface area contributed by atoms with Crippen LogP contribution in [0.3, 0.4) is 0 Å². The summed E-state index contributed by atoms with van der Waals surface area (Å²) in [6.07, 6.45) is 0.469. The van der Waals surface area contributed by atoms with Gasteiger partial charge in [0.15, 0.2) is 0 Å². The van der Waals surface area contributed by atoms with E-state index in [4.69, 9.17) is 9.63 Å². The molecule has 1 amide bonds. The van der Waals surface area contributed by atoms with Gasteiger partial charge in [-0.05, 0) is 13.3 Å². The Hall–Kier alpha value is -1.50. The first kappa shape index (κ1) is 13.6. The van der Waals surface area contributed by atoms with Crippen molar-refractivity contribution in [1.82, 2.24) is 10.5 Å². The van der Waals surface area contributed by atoms with E-state index >= 15 is 0 Å². The lowest BCUT2D eigenvalue weighted by molar-refractivity contribution is -0.0462. The van der Waals surface area contributed by atoms with Gasteiger partial charge in [-0.2, -0.15) is 0 Å². The zero-order valence-corrected chi connectivity index (χ0v) is 9.59. The van der Waals surface area contributed by atoms with E-state index in [0.29, 0.717) is 12.1 Å². The number of alkyl halides is 2. The van der Waals surface area contributed by atoms with Crippen molar-refractivity contribution in [1.29, 1.82) is 0 Å². The highest BCUT2D eigenvalue weighted by Gasteiger charge is 2.29. The van der Waals surface area contributed by atoms with E-state index < -0.39 is 25.0 Å². The Balaban J connectivity index is 2.73. The van der Waals surface area contributed by atoms with E-state index in [-0.39, 0.29) is 11.3 Å². The Morgan fingerprint density at radius 3 is 2.76 bits per heavy atom. The number of rotatable bonds is 5. The summed E-state index contributed by atoms with van der Waals surface area (Å²) >= 11 is 0. The average molecular weight is 248 g/mol. The quantitative estimate of drug-likeness (QED) is 0.811. The van der Waals surface area contributed by atoms with Gasteiger partial charge in [0.1, 0.15) is 17.9 Å². The SMILES string of the molecule is CCc1noc(C)c1C(=O)NCC(F)(F)CO. The average Bonchev–Trinajstić information content (AvgIpc) is 2.67. The van der Waals surface area contributed by atoms with Crippen LogP contribution in [0.4, 0.5) is 8.78 Å². The molecular weight excluding hydrogens is 234 g/mol. The van der Waals surface area contributed by atoms with Crippen LogP contribution in [0.2, 0.25) is 0 Å². The molecule has 7 heteroatoms. The second kappa shape index (κ2) is 5.22. The molecule has 0 fully saturated rings. The first-order valence-electron chi connectivity index (χ1n) is 5.13. The van der Waals surface area contributed by atoms with Gasteiger partial charge in [-0.15, -0.1) is 0 Å². The lowest BCUT2D eigenvalue weighted by Crippen LogP contribution is -2.39. The molecule has 0 spiro atoms. The van der Waals surface area contributed by atoms with E-state index in [1.165, 1.54) is 6.92 Å². The molecule has 0 bridgehead atoms. The molecule has 96 valence electrons. The summed E-state index contributed by atoms with van der Waals surface area (Å²) in [5, 5.41) is 14.1. The summed E-state index contributed by atoms with van der Waals surface area (Å²) in [4.78, 5) is 11.6. The van der Waals surface area contributed by atoms with Gasteiger partial charge in [0.2, 0.25) is 0 Å². The molecule has 0 unspecified atom stereocenters. The van der Waals surface area contributed by atoms with Crippen LogP contribution in [-0.4, -0.2) is 35.2 Å². The summed E-state index contributed by atoms with van der Waals surface area (Å²) in [6, 6.07) is 0. The van der Waals surface area contributed by atoms with Gasteiger partial charge in [0.25, 0.3) is 11.8 Å². The third-order valence-electron chi connectivity index (χ3n) is 2.23. The molecular formula is C10H14F2N2O3. The van der Waals surface area contributed by atoms with Gasteiger partial charge in [0.05, 0.1) is 12.2 Å². The van der Waals surface area contributed by atoms with Crippen LogP contribution < -0.4 is 5.32 Å². The molecule has 0 saturated heterocycles. The van der Waals surface area contributed by atoms with Crippen molar-refractivity contribution in [3.8, 4) is 0 Å². The lowest BCUT2D eigenvalue weighted by atomic mass is 10.1. The molecule has 0 saturated carbocycles. The summed E-state index contributed by atoms with van der Waals surface area (Å²) < 4.78 is 30.3. The van der Waals surface area contributed by atoms with Gasteiger partial charge in [0, 0.05) is 0 Å². The van der Waals surface area contributed by atoms with Crippen LogP contribution in [0.5, 0.6) is 0 Å². The topological polar surface area (TPSA) is 75.4 Å². The summed E-state index contributed by atoms with van der Waals surface area (Å²) in [5.41, 5.74) is 0.605. The monoisotopic (exact) mass is 248 g/mol. The van der Waals surface area contributed by atoms with Crippen molar-refractivity contribution in [2.24, 2.45) is 0 Å². The Morgan fingerprint density at radius 2 is 2.24 bits per heavy atom. The third kappa shape index (κ3) is 3.23. The fourth-order valence-corrected chi connectivity index (χ4v) is 1.30. The Morgan fingerprint density at radius 1 is 1.59 bits per heavy atom. The molecule has 1 aromatic heterocycles. The van der Waals surface area contributed by atoms with Crippen molar-refractivity contribution in [3.63, 3.8) is 0 Å². The summed E-state index contributed by atoms with van der Waals surface area (Å²) in [7, 11) is 0. The van der Waals surface area contributed by atoms with Gasteiger partial charge < -0.3 is 14.9 Å². The number of carbonyl (C=O) groups excluding carboxylic acids is 1. The van der Waals surface area contributed by atoms with E-state index in [0.717, 1.165) is 0 Å². The molecule has 0 aliphatic heterocycles. The maximum atomic E-state index is 12.7. The van der Waals surface area contributed by atoms with Crippen molar-refractivity contribution in [2.45, 2.75) is 26.2 Å². The van der Waals surface area contributed by atoms with Crippen molar-refractivity contribution in [2.75, 3.05) is 13.2 Å². The smallest absolute Gasteiger partial charge is 0.287 e. The molecule has 0 aliphatic carbocycles. The van der Waals surface area contributed by atoms with Crippen LogP contribution in [0.1, 0.15) is 28.7 Å². The molecule has 1 aromatic rings. The van der Waals surface area contributed by atoms with Crippen LogP contribution in [0, 0.1) is 6.92 Å². The number of aryl methyl sites for hydroxylation is 2. The van der Waals surface area contributed by atoms with Crippen LogP contribution in [0.25, 0.3) is 0 Å². The lowest BCUT2D eigenvalue weighted by Gasteiger charge is -2.13. The first-order valence-corrected chi connectivity index (χ1v) is 5.13. The van der Waals surface area contributed by atoms with E-state index in [1.54, 1.807) is 6.92 Å². The summed E-state index contributed by atoms with van der Waals surface area (Å²) in [6.45, 7) is 1.08. The number of aliphatic hydroxyl groups is 1. The van der Waals surface area contributed by atoms with Crippen molar-refractivity contribution < 1.29 is 23.2 Å². The zero-order valence-electron chi connectivity index (χ0n) is 9.59. The number of amides is 1. The van der Waals surface area contributed by atoms with Gasteiger partial charge in [-0.1, -0.05) is 12.1 Å². The fraction of sp³-hybridized carbons (Fsp3) is 0.600. The maximum Gasteiger partial charge on any atom is 0.287 e. The highest BCUT2D eigenvalue weighted by Crippen LogP contribution is 2.15. The number of carbonyl (C=O) groups is 1. The largest absolute Gasteiger partial charge is 0.390 e. The Labute approximate surface area is 96.8 Å². The zero-order chi connectivity index (χ0) is 13.1. The number of nitrogens with zero attached hydrogens (tertiary/aromatic N) is 1. The van der Waals surface area contributed by atoms with Crippen molar-refractivity contribution >= 4 is 5.91 Å². The van der Waals surface area contributed by atoms with Crippen LogP contribution in [0.15, 0.2) is 4.52 Å². The highest BCUT2D eigenvalue weighted by atomic mass is 19.3. The van der Waals surface area contributed by atoms with E-state index in [9.17, 15) is 13.6 Å². The van der Waals surface area contributed by atoms with E-state index in [2.05, 4.69) is 5.16 Å². The van der Waals surface area contributed by atoms with E-state index in [1.807, 2.05) is 5.32 Å². The molecule has 0 atom stereocenters. The molecule has 1 heterocycles. The number of halogens is 2. The van der Waals surface area contributed by atoms with Crippen LogP contribution in [-0.2, 0) is 6.42 Å². The highest BCUT2D eigenvalue weighted by molar-refractivity contribution is 5.96. The second-order valence-corrected chi connectivity index (χ2v) is 3.61. The number of hydrogen-bond acceptors (Lipinski definition) is 4. The standard InChI is InChI=1S/C10H14F2N2O3/c1-3-7-8(6(2)17-14-7)9(16)13-4-10(11,12)5-15/h15H,3-5H2,1-2H3,(H,13,16). The predicted octanol–water partition coefficient (Wildman–Crippen LogP) is 0.903.